The summed E-state index contributed by atoms with van der Waals surface area (Å²) >= 11 is 1.29. The van der Waals surface area contributed by atoms with Crippen LogP contribution in [0.1, 0.15) is 17.5 Å². The number of amides is 1. The Hall–Kier alpha value is -2.02. The molecule has 1 rings (SSSR count). The van der Waals surface area contributed by atoms with Crippen LogP contribution in [0.25, 0.3) is 0 Å². The van der Waals surface area contributed by atoms with Crippen LogP contribution < -0.4 is 5.32 Å². The average molecular weight is 311 g/mol. The van der Waals surface area contributed by atoms with E-state index in [0.717, 1.165) is 16.0 Å². The van der Waals surface area contributed by atoms with E-state index in [1.807, 2.05) is 32.0 Å². The molecule has 0 saturated heterocycles. The summed E-state index contributed by atoms with van der Waals surface area (Å²) in [4.78, 5) is 34.1. The second-order valence-corrected chi connectivity index (χ2v) is 5.63. The molecule has 0 aliphatic heterocycles. The van der Waals surface area contributed by atoms with Gasteiger partial charge in [-0.3, -0.25) is 9.59 Å². The number of benzene rings is 1. The molecule has 0 unspecified atom stereocenters. The normalized spacial score (nSPS) is 11.7. The molecular weight excluding hydrogens is 294 g/mol. The van der Waals surface area contributed by atoms with E-state index in [0.29, 0.717) is 0 Å². The number of carbonyl (C=O) groups excluding carboxylic acids is 1. The number of hydrogen-bond acceptors (Lipinski definition) is 4. The second kappa shape index (κ2) is 7.68. The zero-order valence-corrected chi connectivity index (χ0v) is 12.6. The van der Waals surface area contributed by atoms with Gasteiger partial charge in [-0.05, 0) is 25.5 Å². The van der Waals surface area contributed by atoms with Crippen LogP contribution in [-0.2, 0) is 14.4 Å². The van der Waals surface area contributed by atoms with E-state index in [1.165, 1.54) is 11.8 Å². The van der Waals surface area contributed by atoms with Gasteiger partial charge < -0.3 is 15.5 Å². The first-order chi connectivity index (χ1) is 9.79. The van der Waals surface area contributed by atoms with Crippen molar-refractivity contribution < 1.29 is 24.6 Å². The molecule has 7 heteroatoms. The number of thioether (sulfide) groups is 1. The number of carboxylic acids is 2. The molecule has 0 aliphatic carbocycles. The number of carboxylic acid groups (broad SMARTS) is 2. The van der Waals surface area contributed by atoms with Crippen LogP contribution in [0.15, 0.2) is 23.1 Å². The van der Waals surface area contributed by atoms with E-state index >= 15 is 0 Å². The number of carbonyl (C=O) groups is 3. The van der Waals surface area contributed by atoms with Crippen molar-refractivity contribution in [2.45, 2.75) is 31.2 Å². The fourth-order valence-corrected chi connectivity index (χ4v) is 2.55. The first-order valence-corrected chi connectivity index (χ1v) is 7.22. The highest BCUT2D eigenvalue weighted by Gasteiger charge is 2.22. The molecule has 3 N–H and O–H groups in total. The summed E-state index contributed by atoms with van der Waals surface area (Å²) in [6.45, 7) is 3.86. The number of rotatable bonds is 7. The van der Waals surface area contributed by atoms with E-state index in [2.05, 4.69) is 5.32 Å². The van der Waals surface area contributed by atoms with E-state index in [-0.39, 0.29) is 5.75 Å². The molecule has 21 heavy (non-hydrogen) atoms. The second-order valence-electron chi connectivity index (χ2n) is 4.61. The lowest BCUT2D eigenvalue weighted by molar-refractivity contribution is -0.147. The molecule has 6 nitrogen and oxygen atoms in total. The third-order valence-electron chi connectivity index (χ3n) is 2.71. The Bertz CT molecular complexity index is 558. The van der Waals surface area contributed by atoms with E-state index in [9.17, 15) is 14.4 Å². The Kier molecular flexibility index (Phi) is 6.23. The molecule has 0 spiro atoms. The molecule has 0 bridgehead atoms. The quantitative estimate of drug-likeness (QED) is 0.658. The minimum atomic E-state index is -1.41. The Morgan fingerprint density at radius 2 is 1.90 bits per heavy atom. The third-order valence-corrected chi connectivity index (χ3v) is 3.87. The Morgan fingerprint density at radius 1 is 1.24 bits per heavy atom. The van der Waals surface area contributed by atoms with Gasteiger partial charge in [0.05, 0.1) is 12.2 Å². The summed E-state index contributed by atoms with van der Waals surface area (Å²) in [6.07, 6.45) is -0.644. The maximum Gasteiger partial charge on any atom is 0.326 e. The molecule has 1 aromatic carbocycles. The van der Waals surface area contributed by atoms with Crippen LogP contribution in [0.3, 0.4) is 0 Å². The van der Waals surface area contributed by atoms with Gasteiger partial charge in [-0.15, -0.1) is 11.8 Å². The molecular formula is C14H17NO5S. The average Bonchev–Trinajstić information content (AvgIpc) is 2.38. The summed E-state index contributed by atoms with van der Waals surface area (Å²) in [7, 11) is 0. The summed E-state index contributed by atoms with van der Waals surface area (Å²) in [5.74, 6) is -3.10. The number of aryl methyl sites for hydroxylation is 2. The molecule has 114 valence electrons. The highest BCUT2D eigenvalue weighted by atomic mass is 32.2. The lowest BCUT2D eigenvalue weighted by atomic mass is 10.2. The van der Waals surface area contributed by atoms with Crippen LogP contribution in [0.5, 0.6) is 0 Å². The van der Waals surface area contributed by atoms with Gasteiger partial charge in [-0.1, -0.05) is 17.7 Å². The minimum absolute atomic E-state index is 0.0354. The largest absolute Gasteiger partial charge is 0.481 e. The lowest BCUT2D eigenvalue weighted by Gasteiger charge is -2.12. The molecule has 0 saturated carbocycles. The predicted molar refractivity (Wildman–Crippen MR) is 78.5 cm³/mol. The first kappa shape index (κ1) is 17.0. The maximum atomic E-state index is 11.7. The lowest BCUT2D eigenvalue weighted by Crippen LogP contribution is -2.43. The van der Waals surface area contributed by atoms with E-state index < -0.39 is 30.3 Å². The fraction of sp³-hybridized carbons (Fsp3) is 0.357. The number of aliphatic carboxylic acids is 2. The molecule has 0 heterocycles. The summed E-state index contributed by atoms with van der Waals surface area (Å²) in [6, 6.07) is 4.45. The topological polar surface area (TPSA) is 104 Å². The third kappa shape index (κ3) is 5.86. The summed E-state index contributed by atoms with van der Waals surface area (Å²) in [5, 5.41) is 19.7. The zero-order chi connectivity index (χ0) is 16.0. The zero-order valence-electron chi connectivity index (χ0n) is 11.8. The van der Waals surface area contributed by atoms with Crippen molar-refractivity contribution in [2.24, 2.45) is 0 Å². The molecule has 0 aromatic heterocycles. The van der Waals surface area contributed by atoms with Crippen LogP contribution in [0.4, 0.5) is 0 Å². The van der Waals surface area contributed by atoms with Crippen LogP contribution in [0.2, 0.25) is 0 Å². The number of hydrogen-bond donors (Lipinski definition) is 3. The standard InChI is InChI=1S/C14H17NO5S/c1-8-3-4-9(2)11(5-8)21-7-12(16)15-10(14(19)20)6-13(17)18/h3-5,10H,6-7H2,1-2H3,(H,15,16)(H,17,18)(H,19,20)/t10-/m0/s1. The van der Waals surface area contributed by atoms with Gasteiger partial charge >= 0.3 is 11.9 Å². The molecule has 0 fully saturated rings. The van der Waals surface area contributed by atoms with Crippen molar-refractivity contribution in [1.29, 1.82) is 0 Å². The van der Waals surface area contributed by atoms with Gasteiger partial charge in [0.2, 0.25) is 5.91 Å². The minimum Gasteiger partial charge on any atom is -0.481 e. The Balaban J connectivity index is 2.58. The van der Waals surface area contributed by atoms with Gasteiger partial charge in [0, 0.05) is 4.90 Å². The Labute approximate surface area is 126 Å². The monoisotopic (exact) mass is 311 g/mol. The van der Waals surface area contributed by atoms with Crippen LogP contribution >= 0.6 is 11.8 Å². The number of nitrogens with one attached hydrogen (secondary N) is 1. The first-order valence-electron chi connectivity index (χ1n) is 6.23. The van der Waals surface area contributed by atoms with E-state index in [1.54, 1.807) is 0 Å². The summed E-state index contributed by atoms with van der Waals surface area (Å²) < 4.78 is 0. The van der Waals surface area contributed by atoms with Gasteiger partial charge in [-0.2, -0.15) is 0 Å². The molecule has 0 radical (unpaired) electrons. The van der Waals surface area contributed by atoms with Gasteiger partial charge in [0.15, 0.2) is 0 Å². The van der Waals surface area contributed by atoms with Crippen molar-refractivity contribution in [3.05, 3.63) is 29.3 Å². The molecule has 1 atom stereocenters. The smallest absolute Gasteiger partial charge is 0.326 e. The van der Waals surface area contributed by atoms with Crippen molar-refractivity contribution in [3.8, 4) is 0 Å². The molecule has 1 amide bonds. The highest BCUT2D eigenvalue weighted by molar-refractivity contribution is 8.00. The maximum absolute atomic E-state index is 11.7. The van der Waals surface area contributed by atoms with Crippen LogP contribution in [0, 0.1) is 13.8 Å². The van der Waals surface area contributed by atoms with Crippen molar-refractivity contribution in [1.82, 2.24) is 5.32 Å². The summed E-state index contributed by atoms with van der Waals surface area (Å²) in [5.41, 5.74) is 2.09. The van der Waals surface area contributed by atoms with E-state index in [4.69, 9.17) is 10.2 Å². The SMILES string of the molecule is Cc1ccc(C)c(SCC(=O)N[C@@H](CC(=O)O)C(=O)O)c1. The van der Waals surface area contributed by atoms with Gasteiger partial charge in [0.25, 0.3) is 0 Å². The van der Waals surface area contributed by atoms with Crippen LogP contribution in [-0.4, -0.2) is 39.9 Å². The van der Waals surface area contributed by atoms with Crippen molar-refractivity contribution >= 4 is 29.6 Å². The predicted octanol–water partition coefficient (Wildman–Crippen LogP) is 1.44. The van der Waals surface area contributed by atoms with Crippen molar-refractivity contribution in [2.75, 3.05) is 5.75 Å². The Morgan fingerprint density at radius 3 is 2.48 bits per heavy atom. The van der Waals surface area contributed by atoms with Gasteiger partial charge in [-0.25, -0.2) is 4.79 Å². The van der Waals surface area contributed by atoms with Crippen molar-refractivity contribution in [3.63, 3.8) is 0 Å². The molecule has 0 aliphatic rings. The fourth-order valence-electron chi connectivity index (χ4n) is 1.62. The molecule has 1 aromatic rings. The highest BCUT2D eigenvalue weighted by Crippen LogP contribution is 2.23. The van der Waals surface area contributed by atoms with Gasteiger partial charge in [0.1, 0.15) is 6.04 Å².